The maximum atomic E-state index is 5.99. The summed E-state index contributed by atoms with van der Waals surface area (Å²) in [6, 6.07) is 2.58. The number of halogens is 1. The van der Waals surface area contributed by atoms with Gasteiger partial charge in [0.2, 0.25) is 0 Å². The first-order chi connectivity index (χ1) is 8.07. The molecular formula is C13H20BrNOS. The molecule has 1 saturated heterocycles. The summed E-state index contributed by atoms with van der Waals surface area (Å²) in [4.78, 5) is 1.38. The third-order valence-electron chi connectivity index (χ3n) is 3.43. The fourth-order valence-electron chi connectivity index (χ4n) is 2.48. The van der Waals surface area contributed by atoms with Crippen molar-refractivity contribution in [2.24, 2.45) is 0 Å². The number of likely N-dealkylation sites (N-methyl/N-ethyl adjacent to an activating group) is 1. The summed E-state index contributed by atoms with van der Waals surface area (Å²) in [7, 11) is 0. The molecule has 1 aromatic rings. The number of hydrogen-bond acceptors (Lipinski definition) is 3. The molecule has 17 heavy (non-hydrogen) atoms. The zero-order chi connectivity index (χ0) is 12.5. The topological polar surface area (TPSA) is 21.3 Å². The number of nitrogens with one attached hydrogen (secondary N) is 1. The molecule has 0 aliphatic carbocycles. The quantitative estimate of drug-likeness (QED) is 0.905. The van der Waals surface area contributed by atoms with Crippen molar-refractivity contribution in [2.75, 3.05) is 13.2 Å². The Hall–Kier alpha value is 0.1000. The Morgan fingerprint density at radius 3 is 2.88 bits per heavy atom. The van der Waals surface area contributed by atoms with Crippen LogP contribution in [0.3, 0.4) is 0 Å². The summed E-state index contributed by atoms with van der Waals surface area (Å²) >= 11 is 5.43. The van der Waals surface area contributed by atoms with Crippen molar-refractivity contribution in [1.82, 2.24) is 5.32 Å². The molecule has 0 saturated carbocycles. The average Bonchev–Trinajstić information content (AvgIpc) is 2.84. The predicted molar refractivity (Wildman–Crippen MR) is 76.8 cm³/mol. The maximum absolute atomic E-state index is 5.99. The van der Waals surface area contributed by atoms with E-state index in [0.717, 1.165) is 19.6 Å². The molecule has 1 N–H and O–H groups in total. The molecule has 1 aromatic heterocycles. The molecule has 0 radical (unpaired) electrons. The van der Waals surface area contributed by atoms with E-state index in [-0.39, 0.29) is 5.60 Å². The van der Waals surface area contributed by atoms with Gasteiger partial charge in [-0.15, -0.1) is 11.3 Å². The average molecular weight is 318 g/mol. The lowest BCUT2D eigenvalue weighted by molar-refractivity contribution is -0.0111. The molecular weight excluding hydrogens is 298 g/mol. The normalized spacial score (nSPS) is 26.4. The van der Waals surface area contributed by atoms with Gasteiger partial charge in [0.15, 0.2) is 0 Å². The monoisotopic (exact) mass is 317 g/mol. The van der Waals surface area contributed by atoms with E-state index < -0.39 is 0 Å². The lowest BCUT2D eigenvalue weighted by Crippen LogP contribution is -2.40. The van der Waals surface area contributed by atoms with Crippen molar-refractivity contribution in [3.63, 3.8) is 0 Å². The molecule has 96 valence electrons. The van der Waals surface area contributed by atoms with Gasteiger partial charge >= 0.3 is 0 Å². The maximum Gasteiger partial charge on any atom is 0.0857 e. The van der Waals surface area contributed by atoms with Crippen LogP contribution in [0.5, 0.6) is 0 Å². The van der Waals surface area contributed by atoms with Gasteiger partial charge in [0.25, 0.3) is 0 Å². The van der Waals surface area contributed by atoms with Crippen LogP contribution < -0.4 is 5.32 Å². The smallest absolute Gasteiger partial charge is 0.0857 e. The number of aryl methyl sites for hydroxylation is 1. The SMILES string of the molecule is CCNC(c1cc(C)c(Br)s1)C1(C)CCCO1. The van der Waals surface area contributed by atoms with E-state index in [9.17, 15) is 0 Å². The van der Waals surface area contributed by atoms with Crippen molar-refractivity contribution in [3.8, 4) is 0 Å². The molecule has 2 unspecified atom stereocenters. The fourth-order valence-corrected chi connectivity index (χ4v) is 4.26. The fraction of sp³-hybridized carbons (Fsp3) is 0.692. The van der Waals surface area contributed by atoms with Crippen molar-refractivity contribution in [1.29, 1.82) is 0 Å². The number of ether oxygens (including phenoxy) is 1. The van der Waals surface area contributed by atoms with Crippen LogP contribution in [0.2, 0.25) is 0 Å². The summed E-state index contributed by atoms with van der Waals surface area (Å²) in [6.45, 7) is 8.39. The first-order valence-corrected chi connectivity index (χ1v) is 7.81. The van der Waals surface area contributed by atoms with E-state index in [4.69, 9.17) is 4.74 Å². The second-order valence-electron chi connectivity index (χ2n) is 4.86. The third kappa shape index (κ3) is 2.75. The van der Waals surface area contributed by atoms with E-state index in [0.29, 0.717) is 6.04 Å². The van der Waals surface area contributed by atoms with Crippen molar-refractivity contribution in [2.45, 2.75) is 45.3 Å². The summed E-state index contributed by atoms with van der Waals surface area (Å²) < 4.78 is 7.22. The molecule has 2 nitrogen and oxygen atoms in total. The molecule has 2 rings (SSSR count). The highest BCUT2D eigenvalue weighted by Crippen LogP contribution is 2.41. The zero-order valence-corrected chi connectivity index (χ0v) is 13.1. The molecule has 0 aromatic carbocycles. The summed E-state index contributed by atoms with van der Waals surface area (Å²) in [5.74, 6) is 0. The van der Waals surface area contributed by atoms with E-state index in [1.807, 2.05) is 11.3 Å². The van der Waals surface area contributed by atoms with Crippen LogP contribution in [0.1, 0.15) is 43.2 Å². The lowest BCUT2D eigenvalue weighted by atomic mass is 9.91. The molecule has 2 atom stereocenters. The standard InChI is InChI=1S/C13H20BrNOS/c1-4-15-11(13(3)6-5-7-16-13)10-8-9(2)12(14)17-10/h8,11,15H,4-7H2,1-3H3. The van der Waals surface area contributed by atoms with Crippen LogP contribution in [0, 0.1) is 6.92 Å². The Balaban J connectivity index is 2.28. The van der Waals surface area contributed by atoms with Crippen LogP contribution in [0.4, 0.5) is 0 Å². The summed E-state index contributed by atoms with van der Waals surface area (Å²) in [5, 5.41) is 3.59. The second-order valence-corrected chi connectivity index (χ2v) is 7.26. The van der Waals surface area contributed by atoms with Gasteiger partial charge in [-0.25, -0.2) is 0 Å². The highest BCUT2D eigenvalue weighted by atomic mass is 79.9. The minimum absolute atomic E-state index is 0.0489. The Kier molecular flexibility index (Phi) is 4.29. The second kappa shape index (κ2) is 5.39. The molecule has 4 heteroatoms. The van der Waals surface area contributed by atoms with Crippen LogP contribution >= 0.6 is 27.3 Å². The zero-order valence-electron chi connectivity index (χ0n) is 10.7. The first-order valence-electron chi connectivity index (χ1n) is 6.20. The first kappa shape index (κ1) is 13.5. The van der Waals surface area contributed by atoms with Crippen molar-refractivity contribution >= 4 is 27.3 Å². The van der Waals surface area contributed by atoms with Gasteiger partial charge in [0, 0.05) is 11.5 Å². The van der Waals surface area contributed by atoms with E-state index in [2.05, 4.69) is 48.1 Å². The van der Waals surface area contributed by atoms with E-state index >= 15 is 0 Å². The van der Waals surface area contributed by atoms with Crippen molar-refractivity contribution < 1.29 is 4.74 Å². The third-order valence-corrected chi connectivity index (χ3v) is 5.63. The van der Waals surface area contributed by atoms with Gasteiger partial charge in [-0.3, -0.25) is 0 Å². The van der Waals surface area contributed by atoms with Gasteiger partial charge in [-0.05, 0) is 60.8 Å². The van der Waals surface area contributed by atoms with Gasteiger partial charge < -0.3 is 10.1 Å². The largest absolute Gasteiger partial charge is 0.373 e. The predicted octanol–water partition coefficient (Wildman–Crippen LogP) is 4.04. The number of rotatable bonds is 4. The minimum Gasteiger partial charge on any atom is -0.373 e. The van der Waals surface area contributed by atoms with E-state index in [1.165, 1.54) is 20.6 Å². The molecule has 1 fully saturated rings. The molecule has 0 amide bonds. The summed E-state index contributed by atoms with van der Waals surface area (Å²) in [6.07, 6.45) is 2.31. The Morgan fingerprint density at radius 2 is 2.41 bits per heavy atom. The molecule has 0 spiro atoms. The number of hydrogen-bond donors (Lipinski definition) is 1. The molecule has 2 heterocycles. The van der Waals surface area contributed by atoms with Gasteiger partial charge in [-0.1, -0.05) is 6.92 Å². The molecule has 1 aliphatic heterocycles. The van der Waals surface area contributed by atoms with Gasteiger partial charge in [0.05, 0.1) is 15.4 Å². The lowest BCUT2D eigenvalue weighted by Gasteiger charge is -2.33. The van der Waals surface area contributed by atoms with E-state index in [1.54, 1.807) is 0 Å². The van der Waals surface area contributed by atoms with Crippen LogP contribution in [0.15, 0.2) is 9.85 Å². The highest BCUT2D eigenvalue weighted by Gasteiger charge is 2.39. The minimum atomic E-state index is -0.0489. The number of thiophene rings is 1. The van der Waals surface area contributed by atoms with Crippen LogP contribution in [-0.4, -0.2) is 18.8 Å². The van der Waals surface area contributed by atoms with Gasteiger partial charge in [0.1, 0.15) is 0 Å². The van der Waals surface area contributed by atoms with Crippen LogP contribution in [0.25, 0.3) is 0 Å². The summed E-state index contributed by atoms with van der Waals surface area (Å²) in [5.41, 5.74) is 1.27. The molecule has 1 aliphatic rings. The van der Waals surface area contributed by atoms with Crippen molar-refractivity contribution in [3.05, 3.63) is 20.3 Å². The molecule has 0 bridgehead atoms. The highest BCUT2D eigenvalue weighted by molar-refractivity contribution is 9.11. The van der Waals surface area contributed by atoms with Crippen LogP contribution in [-0.2, 0) is 4.74 Å². The Bertz CT molecular complexity index is 365. The van der Waals surface area contributed by atoms with Gasteiger partial charge in [-0.2, -0.15) is 0 Å². The Morgan fingerprint density at radius 1 is 1.65 bits per heavy atom. The Labute approximate surface area is 116 Å².